The molecular weight excluding hydrogens is 361 g/mol. The number of amides is 1. The molecule has 0 aromatic heterocycles. The fourth-order valence-corrected chi connectivity index (χ4v) is 2.58. The van der Waals surface area contributed by atoms with Gasteiger partial charge in [-0.2, -0.15) is 0 Å². The average Bonchev–Trinajstić information content (AvgIpc) is 2.46. The van der Waals surface area contributed by atoms with Gasteiger partial charge in [0.05, 0.1) is 0 Å². The average molecular weight is 382 g/mol. The first-order valence-corrected chi connectivity index (χ1v) is 8.67. The minimum absolute atomic E-state index is 0.412. The van der Waals surface area contributed by atoms with Gasteiger partial charge in [-0.25, -0.2) is 4.79 Å². The summed E-state index contributed by atoms with van der Waals surface area (Å²) >= 11 is 11.9. The van der Waals surface area contributed by atoms with Gasteiger partial charge in [-0.3, -0.25) is 0 Å². The van der Waals surface area contributed by atoms with Crippen molar-refractivity contribution in [1.82, 2.24) is 5.32 Å². The molecule has 0 fully saturated rings. The summed E-state index contributed by atoms with van der Waals surface area (Å²) in [7, 11) is 0. The molecule has 2 rings (SSSR count). The molecule has 0 aliphatic heterocycles. The van der Waals surface area contributed by atoms with Gasteiger partial charge in [0.25, 0.3) is 0 Å². The van der Waals surface area contributed by atoms with Crippen molar-refractivity contribution in [3.8, 4) is 11.5 Å². The number of hydrogen-bond acceptors (Lipinski definition) is 3. The van der Waals surface area contributed by atoms with Crippen molar-refractivity contribution in [1.29, 1.82) is 0 Å². The summed E-state index contributed by atoms with van der Waals surface area (Å²) in [5, 5.41) is 3.77. The van der Waals surface area contributed by atoms with Crippen LogP contribution in [0.15, 0.2) is 42.5 Å². The molecule has 0 unspecified atom stereocenters. The molecule has 2 aromatic carbocycles. The Morgan fingerprint density at radius 3 is 2.16 bits per heavy atom. The molecule has 1 N–H and O–H groups in total. The standard InChI is InChI=1S/C19H21Cl2NO3/c1-19(2,3)25-18(23)22-9-8-13-4-6-16(7-5-13)24-17-11-14(20)10-15(21)12-17/h4-7,10-12H,8-9H2,1-3H3,(H,22,23). The Morgan fingerprint density at radius 1 is 1.00 bits per heavy atom. The van der Waals surface area contributed by atoms with Gasteiger partial charge in [0.1, 0.15) is 17.1 Å². The molecule has 0 radical (unpaired) electrons. The zero-order chi connectivity index (χ0) is 18.4. The van der Waals surface area contributed by atoms with Crippen molar-refractivity contribution in [2.24, 2.45) is 0 Å². The normalized spacial score (nSPS) is 11.1. The van der Waals surface area contributed by atoms with Crippen LogP contribution >= 0.6 is 23.2 Å². The molecule has 0 aliphatic rings. The predicted octanol–water partition coefficient (Wildman–Crippen LogP) is 5.85. The highest BCUT2D eigenvalue weighted by atomic mass is 35.5. The minimum Gasteiger partial charge on any atom is -0.457 e. The van der Waals surface area contributed by atoms with E-state index in [0.29, 0.717) is 34.5 Å². The van der Waals surface area contributed by atoms with Crippen molar-refractivity contribution >= 4 is 29.3 Å². The smallest absolute Gasteiger partial charge is 0.407 e. The summed E-state index contributed by atoms with van der Waals surface area (Å²) in [6.07, 6.45) is 0.285. The van der Waals surface area contributed by atoms with E-state index in [1.807, 2.05) is 45.0 Å². The third kappa shape index (κ3) is 7.24. The first-order chi connectivity index (χ1) is 11.7. The van der Waals surface area contributed by atoms with Crippen molar-refractivity contribution in [3.63, 3.8) is 0 Å². The Hall–Kier alpha value is -1.91. The summed E-state index contributed by atoms with van der Waals surface area (Å²) in [6.45, 7) is 5.99. The van der Waals surface area contributed by atoms with E-state index in [1.54, 1.807) is 18.2 Å². The van der Waals surface area contributed by atoms with E-state index in [9.17, 15) is 4.79 Å². The second-order valence-electron chi connectivity index (χ2n) is 6.53. The molecule has 0 saturated heterocycles. The number of alkyl carbamates (subject to hydrolysis) is 1. The molecular formula is C19H21Cl2NO3. The van der Waals surface area contributed by atoms with Crippen LogP contribution in [-0.2, 0) is 11.2 Å². The van der Waals surface area contributed by atoms with Gasteiger partial charge in [0.2, 0.25) is 0 Å². The Balaban J connectivity index is 1.84. The third-order valence-electron chi connectivity index (χ3n) is 3.08. The van der Waals surface area contributed by atoms with Crippen LogP contribution in [0.2, 0.25) is 10.0 Å². The van der Waals surface area contributed by atoms with E-state index in [-0.39, 0.29) is 0 Å². The maximum atomic E-state index is 11.6. The lowest BCUT2D eigenvalue weighted by molar-refractivity contribution is 0.0528. The molecule has 0 bridgehead atoms. The van der Waals surface area contributed by atoms with Crippen LogP contribution in [-0.4, -0.2) is 18.2 Å². The zero-order valence-electron chi connectivity index (χ0n) is 14.4. The maximum absolute atomic E-state index is 11.6. The molecule has 6 heteroatoms. The van der Waals surface area contributed by atoms with Crippen molar-refractivity contribution in [2.45, 2.75) is 32.8 Å². The predicted molar refractivity (Wildman–Crippen MR) is 101 cm³/mol. The quantitative estimate of drug-likeness (QED) is 0.705. The summed E-state index contributed by atoms with van der Waals surface area (Å²) in [5.41, 5.74) is 0.583. The van der Waals surface area contributed by atoms with Gasteiger partial charge < -0.3 is 14.8 Å². The van der Waals surface area contributed by atoms with Crippen molar-refractivity contribution in [2.75, 3.05) is 6.54 Å². The molecule has 0 aliphatic carbocycles. The SMILES string of the molecule is CC(C)(C)OC(=O)NCCc1ccc(Oc2cc(Cl)cc(Cl)c2)cc1. The first-order valence-electron chi connectivity index (χ1n) is 7.91. The monoisotopic (exact) mass is 381 g/mol. The third-order valence-corrected chi connectivity index (χ3v) is 3.51. The molecule has 2 aromatic rings. The summed E-state index contributed by atoms with van der Waals surface area (Å²) in [4.78, 5) is 11.6. The minimum atomic E-state index is -0.494. The summed E-state index contributed by atoms with van der Waals surface area (Å²) < 4.78 is 10.9. The van der Waals surface area contributed by atoms with E-state index in [1.165, 1.54) is 0 Å². The lowest BCUT2D eigenvalue weighted by Crippen LogP contribution is -2.33. The fourth-order valence-electron chi connectivity index (χ4n) is 2.07. The zero-order valence-corrected chi connectivity index (χ0v) is 15.9. The van der Waals surface area contributed by atoms with Crippen LogP contribution in [0.5, 0.6) is 11.5 Å². The Bertz CT molecular complexity index is 704. The van der Waals surface area contributed by atoms with Crippen LogP contribution in [0.4, 0.5) is 4.79 Å². The number of hydrogen-bond donors (Lipinski definition) is 1. The van der Waals surface area contributed by atoms with Gasteiger partial charge in [-0.05, 0) is 63.1 Å². The number of halogens is 2. The van der Waals surface area contributed by atoms with Crippen LogP contribution < -0.4 is 10.1 Å². The number of nitrogens with one attached hydrogen (secondary N) is 1. The topological polar surface area (TPSA) is 47.6 Å². The lowest BCUT2D eigenvalue weighted by atomic mass is 10.1. The lowest BCUT2D eigenvalue weighted by Gasteiger charge is -2.19. The van der Waals surface area contributed by atoms with Gasteiger partial charge >= 0.3 is 6.09 Å². The number of rotatable bonds is 5. The first kappa shape index (κ1) is 19.4. The summed E-state index contributed by atoms with van der Waals surface area (Å²) in [5.74, 6) is 1.26. The highest BCUT2D eigenvalue weighted by molar-refractivity contribution is 6.34. The van der Waals surface area contributed by atoms with E-state index in [0.717, 1.165) is 5.56 Å². The van der Waals surface area contributed by atoms with Gasteiger partial charge in [0, 0.05) is 16.6 Å². The highest BCUT2D eigenvalue weighted by Gasteiger charge is 2.15. The molecule has 0 atom stereocenters. The number of carbonyl (C=O) groups is 1. The Morgan fingerprint density at radius 2 is 1.60 bits per heavy atom. The largest absolute Gasteiger partial charge is 0.457 e. The molecule has 25 heavy (non-hydrogen) atoms. The maximum Gasteiger partial charge on any atom is 0.407 e. The fraction of sp³-hybridized carbons (Fsp3) is 0.316. The van der Waals surface area contributed by atoms with E-state index in [2.05, 4.69) is 5.32 Å². The van der Waals surface area contributed by atoms with Crippen molar-refractivity contribution < 1.29 is 14.3 Å². The van der Waals surface area contributed by atoms with Gasteiger partial charge in [0.15, 0.2) is 0 Å². The van der Waals surface area contributed by atoms with Crippen LogP contribution in [0.3, 0.4) is 0 Å². The molecule has 0 saturated carbocycles. The van der Waals surface area contributed by atoms with Crippen LogP contribution in [0, 0.1) is 0 Å². The Labute approximate surface area is 158 Å². The summed E-state index contributed by atoms with van der Waals surface area (Å²) in [6, 6.07) is 12.7. The van der Waals surface area contributed by atoms with Crippen LogP contribution in [0.1, 0.15) is 26.3 Å². The molecule has 134 valence electrons. The van der Waals surface area contributed by atoms with Gasteiger partial charge in [-0.15, -0.1) is 0 Å². The van der Waals surface area contributed by atoms with E-state index >= 15 is 0 Å². The number of ether oxygens (including phenoxy) is 2. The van der Waals surface area contributed by atoms with Gasteiger partial charge in [-0.1, -0.05) is 35.3 Å². The second-order valence-corrected chi connectivity index (χ2v) is 7.40. The Kier molecular flexibility index (Phi) is 6.57. The number of carbonyl (C=O) groups excluding carboxylic acids is 1. The molecule has 4 nitrogen and oxygen atoms in total. The molecule has 0 heterocycles. The van der Waals surface area contributed by atoms with E-state index < -0.39 is 11.7 Å². The molecule has 1 amide bonds. The second kappa shape index (κ2) is 8.45. The van der Waals surface area contributed by atoms with Crippen LogP contribution in [0.25, 0.3) is 0 Å². The van der Waals surface area contributed by atoms with Crippen molar-refractivity contribution in [3.05, 3.63) is 58.1 Å². The number of benzene rings is 2. The highest BCUT2D eigenvalue weighted by Crippen LogP contribution is 2.28. The molecule has 0 spiro atoms. The van der Waals surface area contributed by atoms with E-state index in [4.69, 9.17) is 32.7 Å².